The Morgan fingerprint density at radius 2 is 1.94 bits per heavy atom. The molecule has 4 heteroatoms. The highest BCUT2D eigenvalue weighted by atomic mass is 16.5. The second-order valence-electron chi connectivity index (χ2n) is 4.63. The zero-order valence-electron chi connectivity index (χ0n) is 10.7. The van der Waals surface area contributed by atoms with Crippen LogP contribution in [0.15, 0.2) is 18.2 Å². The Morgan fingerprint density at radius 1 is 1.29 bits per heavy atom. The SMILES string of the molecule is CC(C)Oc1cccc(C(C(=O)O)C(C)C)n1. The molecular weight excluding hydrogens is 218 g/mol. The number of pyridine rings is 1. The van der Waals surface area contributed by atoms with Gasteiger partial charge in [0.15, 0.2) is 0 Å². The van der Waals surface area contributed by atoms with Gasteiger partial charge in [0.05, 0.1) is 11.8 Å². The summed E-state index contributed by atoms with van der Waals surface area (Å²) in [4.78, 5) is 15.4. The largest absolute Gasteiger partial charge is 0.481 e. The van der Waals surface area contributed by atoms with E-state index in [4.69, 9.17) is 4.74 Å². The van der Waals surface area contributed by atoms with Crippen LogP contribution >= 0.6 is 0 Å². The molecule has 94 valence electrons. The van der Waals surface area contributed by atoms with Crippen molar-refractivity contribution in [3.8, 4) is 5.88 Å². The van der Waals surface area contributed by atoms with Crippen molar-refractivity contribution < 1.29 is 14.6 Å². The maximum Gasteiger partial charge on any atom is 0.312 e. The van der Waals surface area contributed by atoms with Crippen LogP contribution in [0, 0.1) is 5.92 Å². The molecule has 0 aliphatic rings. The normalized spacial score (nSPS) is 12.8. The molecular formula is C13H19NO3. The Kier molecular flexibility index (Phi) is 4.49. The van der Waals surface area contributed by atoms with Crippen molar-refractivity contribution in [2.45, 2.75) is 39.7 Å². The highest BCUT2D eigenvalue weighted by molar-refractivity contribution is 5.75. The third kappa shape index (κ3) is 3.73. The van der Waals surface area contributed by atoms with Crippen LogP contribution in [0.5, 0.6) is 5.88 Å². The molecule has 0 bridgehead atoms. The third-order valence-corrected chi connectivity index (χ3v) is 2.35. The fourth-order valence-electron chi connectivity index (χ4n) is 1.66. The molecule has 0 aliphatic heterocycles. The minimum atomic E-state index is -0.853. The number of ether oxygens (including phenoxy) is 1. The van der Waals surface area contributed by atoms with E-state index >= 15 is 0 Å². The van der Waals surface area contributed by atoms with Crippen molar-refractivity contribution in [1.82, 2.24) is 4.98 Å². The summed E-state index contributed by atoms with van der Waals surface area (Å²) < 4.78 is 5.46. The van der Waals surface area contributed by atoms with Crippen LogP contribution in [0.25, 0.3) is 0 Å². The highest BCUT2D eigenvalue weighted by Gasteiger charge is 2.25. The summed E-state index contributed by atoms with van der Waals surface area (Å²) in [7, 11) is 0. The van der Waals surface area contributed by atoms with Crippen molar-refractivity contribution in [3.63, 3.8) is 0 Å². The first kappa shape index (κ1) is 13.5. The lowest BCUT2D eigenvalue weighted by Gasteiger charge is -2.17. The Morgan fingerprint density at radius 3 is 2.41 bits per heavy atom. The number of nitrogens with zero attached hydrogens (tertiary/aromatic N) is 1. The Bertz CT molecular complexity index is 388. The number of carboxylic acids is 1. The summed E-state index contributed by atoms with van der Waals surface area (Å²) in [6.07, 6.45) is 0.0279. The van der Waals surface area contributed by atoms with E-state index in [-0.39, 0.29) is 12.0 Å². The second-order valence-corrected chi connectivity index (χ2v) is 4.63. The van der Waals surface area contributed by atoms with Gasteiger partial charge in [0, 0.05) is 6.07 Å². The molecule has 1 atom stereocenters. The topological polar surface area (TPSA) is 59.4 Å². The molecule has 1 heterocycles. The molecule has 17 heavy (non-hydrogen) atoms. The van der Waals surface area contributed by atoms with Gasteiger partial charge in [0.25, 0.3) is 0 Å². The van der Waals surface area contributed by atoms with Crippen molar-refractivity contribution >= 4 is 5.97 Å². The molecule has 0 saturated heterocycles. The maximum absolute atomic E-state index is 11.2. The molecule has 1 rings (SSSR count). The number of aromatic nitrogens is 1. The van der Waals surface area contributed by atoms with Crippen LogP contribution < -0.4 is 4.74 Å². The summed E-state index contributed by atoms with van der Waals surface area (Å²) in [6, 6.07) is 5.24. The summed E-state index contributed by atoms with van der Waals surface area (Å²) >= 11 is 0. The monoisotopic (exact) mass is 237 g/mol. The number of carbonyl (C=O) groups is 1. The quantitative estimate of drug-likeness (QED) is 0.855. The number of carboxylic acid groups (broad SMARTS) is 1. The van der Waals surface area contributed by atoms with E-state index in [0.717, 1.165) is 0 Å². The van der Waals surface area contributed by atoms with Crippen LogP contribution in [0.4, 0.5) is 0 Å². The Labute approximate surface area is 102 Å². The summed E-state index contributed by atoms with van der Waals surface area (Å²) in [5, 5.41) is 9.19. The average molecular weight is 237 g/mol. The van der Waals surface area contributed by atoms with Gasteiger partial charge in [-0.2, -0.15) is 0 Å². The maximum atomic E-state index is 11.2. The van der Waals surface area contributed by atoms with E-state index in [1.54, 1.807) is 18.2 Å². The lowest BCUT2D eigenvalue weighted by molar-refractivity contribution is -0.140. The first-order valence-corrected chi connectivity index (χ1v) is 5.78. The van der Waals surface area contributed by atoms with Gasteiger partial charge in [-0.3, -0.25) is 4.79 Å². The first-order chi connectivity index (χ1) is 7.91. The van der Waals surface area contributed by atoms with E-state index in [9.17, 15) is 9.90 Å². The molecule has 0 fully saturated rings. The van der Waals surface area contributed by atoms with Crippen molar-refractivity contribution in [3.05, 3.63) is 23.9 Å². The van der Waals surface area contributed by atoms with Crippen LogP contribution in [0.1, 0.15) is 39.3 Å². The van der Waals surface area contributed by atoms with E-state index in [2.05, 4.69) is 4.98 Å². The Balaban J connectivity index is 3.00. The fourth-order valence-corrected chi connectivity index (χ4v) is 1.66. The standard InChI is InChI=1S/C13H19NO3/c1-8(2)12(13(15)16)10-6-5-7-11(14-10)17-9(3)4/h5-9,12H,1-4H3,(H,15,16). The minimum Gasteiger partial charge on any atom is -0.481 e. The molecule has 4 nitrogen and oxygen atoms in total. The van der Waals surface area contributed by atoms with Gasteiger partial charge >= 0.3 is 5.97 Å². The zero-order chi connectivity index (χ0) is 13.0. The summed E-state index contributed by atoms with van der Waals surface area (Å²) in [6.45, 7) is 7.56. The van der Waals surface area contributed by atoms with E-state index < -0.39 is 11.9 Å². The lowest BCUT2D eigenvalue weighted by atomic mass is 9.92. The third-order valence-electron chi connectivity index (χ3n) is 2.35. The predicted molar refractivity (Wildman–Crippen MR) is 65.2 cm³/mol. The smallest absolute Gasteiger partial charge is 0.312 e. The van der Waals surface area contributed by atoms with Crippen molar-refractivity contribution in [2.24, 2.45) is 5.92 Å². The minimum absolute atomic E-state index is 0.00528. The van der Waals surface area contributed by atoms with Gasteiger partial charge in [-0.15, -0.1) is 0 Å². The molecule has 0 radical (unpaired) electrons. The predicted octanol–water partition coefficient (Wildman–Crippen LogP) is 2.69. The number of hydrogen-bond acceptors (Lipinski definition) is 3. The van der Waals surface area contributed by atoms with Gasteiger partial charge < -0.3 is 9.84 Å². The second kappa shape index (κ2) is 5.66. The van der Waals surface area contributed by atoms with Crippen LogP contribution in [0.2, 0.25) is 0 Å². The molecule has 0 aliphatic carbocycles. The lowest BCUT2D eigenvalue weighted by Crippen LogP contribution is -2.19. The zero-order valence-corrected chi connectivity index (χ0v) is 10.7. The first-order valence-electron chi connectivity index (χ1n) is 5.78. The molecule has 0 aromatic carbocycles. The van der Waals surface area contributed by atoms with Crippen LogP contribution in [-0.2, 0) is 4.79 Å². The number of hydrogen-bond donors (Lipinski definition) is 1. The van der Waals surface area contributed by atoms with Gasteiger partial charge in [-0.25, -0.2) is 4.98 Å². The molecule has 0 amide bonds. The van der Waals surface area contributed by atoms with E-state index in [0.29, 0.717) is 11.6 Å². The molecule has 0 saturated carbocycles. The van der Waals surface area contributed by atoms with Crippen LogP contribution in [-0.4, -0.2) is 22.2 Å². The molecule has 1 N–H and O–H groups in total. The average Bonchev–Trinajstić information content (AvgIpc) is 2.15. The summed E-state index contributed by atoms with van der Waals surface area (Å²) in [5.74, 6) is -0.974. The van der Waals surface area contributed by atoms with E-state index in [1.165, 1.54) is 0 Å². The summed E-state index contributed by atoms with van der Waals surface area (Å²) in [5.41, 5.74) is 0.547. The molecule has 1 aromatic heterocycles. The molecule has 1 aromatic rings. The number of rotatable bonds is 5. The van der Waals surface area contributed by atoms with Gasteiger partial charge in [-0.05, 0) is 25.8 Å². The Hall–Kier alpha value is -1.58. The van der Waals surface area contributed by atoms with Crippen molar-refractivity contribution in [1.29, 1.82) is 0 Å². The van der Waals surface area contributed by atoms with Gasteiger partial charge in [-0.1, -0.05) is 19.9 Å². The number of aliphatic carboxylic acids is 1. The van der Waals surface area contributed by atoms with Crippen molar-refractivity contribution in [2.75, 3.05) is 0 Å². The van der Waals surface area contributed by atoms with E-state index in [1.807, 2.05) is 27.7 Å². The molecule has 1 unspecified atom stereocenters. The fraction of sp³-hybridized carbons (Fsp3) is 0.538. The molecule has 0 spiro atoms. The highest BCUT2D eigenvalue weighted by Crippen LogP contribution is 2.24. The van der Waals surface area contributed by atoms with Crippen LogP contribution in [0.3, 0.4) is 0 Å². The van der Waals surface area contributed by atoms with Gasteiger partial charge in [0.2, 0.25) is 5.88 Å². The van der Waals surface area contributed by atoms with Gasteiger partial charge in [0.1, 0.15) is 5.92 Å².